The summed E-state index contributed by atoms with van der Waals surface area (Å²) in [7, 11) is 0. The molecule has 2 amide bonds. The Morgan fingerprint density at radius 1 is 0.909 bits per heavy atom. The van der Waals surface area contributed by atoms with E-state index in [2.05, 4.69) is 0 Å². The van der Waals surface area contributed by atoms with Crippen LogP contribution in [0.15, 0.2) is 72.8 Å². The van der Waals surface area contributed by atoms with Crippen molar-refractivity contribution in [1.82, 2.24) is 0 Å². The van der Waals surface area contributed by atoms with Crippen LogP contribution < -0.4 is 14.7 Å². The van der Waals surface area contributed by atoms with Crippen LogP contribution in [0.1, 0.15) is 18.5 Å². The Bertz CT molecular complexity index is 1200. The lowest BCUT2D eigenvalue weighted by molar-refractivity contribution is -0.126. The Hall–Kier alpha value is -3.06. The van der Waals surface area contributed by atoms with Crippen molar-refractivity contribution in [2.75, 3.05) is 16.6 Å². The van der Waals surface area contributed by atoms with Crippen LogP contribution in [0.4, 0.5) is 11.4 Å². The number of hydrogen-bond donors (Lipinski definition) is 0. The summed E-state index contributed by atoms with van der Waals surface area (Å²) in [6.45, 7) is 2.41. The SMILES string of the molecule is CCOc1ccc(N2C(=O)C3ON(c4ccccc4)C(c4ccc(Cl)cc4Cl)C3C2=O)cc1. The molecule has 168 valence electrons. The van der Waals surface area contributed by atoms with Gasteiger partial charge in [0.2, 0.25) is 5.91 Å². The lowest BCUT2D eigenvalue weighted by Crippen LogP contribution is -2.37. The van der Waals surface area contributed by atoms with E-state index in [4.69, 9.17) is 32.8 Å². The lowest BCUT2D eigenvalue weighted by Gasteiger charge is -2.29. The molecule has 3 aromatic rings. The molecule has 0 aliphatic carbocycles. The van der Waals surface area contributed by atoms with Gasteiger partial charge in [-0.3, -0.25) is 14.4 Å². The molecule has 0 saturated carbocycles. The molecule has 2 saturated heterocycles. The first-order chi connectivity index (χ1) is 16.0. The number of amides is 2. The maximum atomic E-state index is 13.6. The minimum atomic E-state index is -0.971. The summed E-state index contributed by atoms with van der Waals surface area (Å²) in [5, 5.41) is 2.49. The van der Waals surface area contributed by atoms with E-state index >= 15 is 0 Å². The Labute approximate surface area is 201 Å². The summed E-state index contributed by atoms with van der Waals surface area (Å²) in [4.78, 5) is 34.3. The molecular weight excluding hydrogens is 463 g/mol. The Balaban J connectivity index is 1.55. The second-order valence-electron chi connectivity index (χ2n) is 7.76. The molecule has 6 nitrogen and oxygen atoms in total. The topological polar surface area (TPSA) is 59.1 Å². The van der Waals surface area contributed by atoms with Gasteiger partial charge >= 0.3 is 0 Å². The van der Waals surface area contributed by atoms with Crippen LogP contribution in [-0.2, 0) is 14.4 Å². The maximum Gasteiger partial charge on any atom is 0.266 e. The van der Waals surface area contributed by atoms with Crippen molar-refractivity contribution in [2.45, 2.75) is 19.1 Å². The molecule has 3 atom stereocenters. The number of benzene rings is 3. The predicted octanol–water partition coefficient (Wildman–Crippen LogP) is 5.44. The molecule has 2 heterocycles. The first kappa shape index (κ1) is 21.8. The van der Waals surface area contributed by atoms with Gasteiger partial charge in [0.05, 0.1) is 24.0 Å². The van der Waals surface area contributed by atoms with Gasteiger partial charge in [-0.05, 0) is 61.0 Å². The summed E-state index contributed by atoms with van der Waals surface area (Å²) in [6.07, 6.45) is -0.971. The van der Waals surface area contributed by atoms with Crippen molar-refractivity contribution in [1.29, 1.82) is 0 Å². The number of imide groups is 1. The number of nitrogens with zero attached hydrogens (tertiary/aromatic N) is 2. The molecule has 3 aromatic carbocycles. The van der Waals surface area contributed by atoms with Crippen LogP contribution in [0, 0.1) is 5.92 Å². The van der Waals surface area contributed by atoms with E-state index < -0.39 is 24.0 Å². The third-order valence-electron chi connectivity index (χ3n) is 5.81. The smallest absolute Gasteiger partial charge is 0.266 e. The monoisotopic (exact) mass is 482 g/mol. The molecule has 0 bridgehead atoms. The first-order valence-corrected chi connectivity index (χ1v) is 11.3. The summed E-state index contributed by atoms with van der Waals surface area (Å²) in [5.74, 6) is -0.868. The van der Waals surface area contributed by atoms with E-state index in [1.165, 1.54) is 4.90 Å². The number of fused-ring (bicyclic) bond motifs is 1. The number of carbonyl (C=O) groups excluding carboxylic acids is 2. The van der Waals surface area contributed by atoms with Crippen LogP contribution in [-0.4, -0.2) is 24.5 Å². The molecule has 0 aromatic heterocycles. The summed E-state index contributed by atoms with van der Waals surface area (Å²) in [5.41, 5.74) is 1.85. The molecule has 2 fully saturated rings. The first-order valence-electron chi connectivity index (χ1n) is 10.6. The number of rotatable bonds is 5. The average molecular weight is 483 g/mol. The molecular formula is C25H20Cl2N2O4. The zero-order chi connectivity index (χ0) is 23.1. The van der Waals surface area contributed by atoms with Gasteiger partial charge < -0.3 is 4.74 Å². The summed E-state index contributed by atoms with van der Waals surface area (Å²) < 4.78 is 5.47. The largest absolute Gasteiger partial charge is 0.494 e. The number of para-hydroxylation sites is 1. The highest BCUT2D eigenvalue weighted by atomic mass is 35.5. The number of ether oxygens (including phenoxy) is 1. The second kappa shape index (κ2) is 8.71. The van der Waals surface area contributed by atoms with Crippen molar-refractivity contribution >= 4 is 46.4 Å². The molecule has 0 N–H and O–H groups in total. The van der Waals surface area contributed by atoms with Gasteiger partial charge in [0.15, 0.2) is 6.10 Å². The van der Waals surface area contributed by atoms with Crippen molar-refractivity contribution < 1.29 is 19.2 Å². The maximum absolute atomic E-state index is 13.6. The second-order valence-corrected chi connectivity index (χ2v) is 8.61. The lowest BCUT2D eigenvalue weighted by atomic mass is 9.90. The predicted molar refractivity (Wildman–Crippen MR) is 127 cm³/mol. The van der Waals surface area contributed by atoms with Gasteiger partial charge in [-0.1, -0.05) is 47.5 Å². The quantitative estimate of drug-likeness (QED) is 0.453. The average Bonchev–Trinajstić information content (AvgIpc) is 3.31. The molecule has 2 aliphatic rings. The third kappa shape index (κ3) is 3.74. The van der Waals surface area contributed by atoms with Gasteiger partial charge in [0, 0.05) is 10.0 Å². The van der Waals surface area contributed by atoms with Crippen LogP contribution >= 0.6 is 23.2 Å². The van der Waals surface area contributed by atoms with Crippen LogP contribution in [0.5, 0.6) is 5.75 Å². The van der Waals surface area contributed by atoms with Crippen molar-refractivity contribution in [2.24, 2.45) is 5.92 Å². The molecule has 3 unspecified atom stereocenters. The third-order valence-corrected chi connectivity index (χ3v) is 6.38. The van der Waals surface area contributed by atoms with E-state index in [0.29, 0.717) is 33.7 Å². The summed E-state index contributed by atoms with van der Waals surface area (Å²) >= 11 is 12.7. The Morgan fingerprint density at radius 3 is 2.30 bits per heavy atom. The molecule has 0 radical (unpaired) electrons. The van der Waals surface area contributed by atoms with E-state index in [1.54, 1.807) is 47.5 Å². The minimum absolute atomic E-state index is 0.344. The van der Waals surface area contributed by atoms with Gasteiger partial charge in [0.1, 0.15) is 11.7 Å². The zero-order valence-electron chi connectivity index (χ0n) is 17.7. The van der Waals surface area contributed by atoms with E-state index in [9.17, 15) is 9.59 Å². The number of hydrogen-bond acceptors (Lipinski definition) is 5. The normalized spacial score (nSPS) is 22.1. The van der Waals surface area contributed by atoms with E-state index in [0.717, 1.165) is 5.69 Å². The molecule has 0 spiro atoms. The zero-order valence-corrected chi connectivity index (χ0v) is 19.2. The van der Waals surface area contributed by atoms with Gasteiger partial charge in [-0.2, -0.15) is 0 Å². The molecule has 2 aliphatic heterocycles. The number of anilines is 2. The number of halogens is 2. The van der Waals surface area contributed by atoms with Crippen LogP contribution in [0.2, 0.25) is 10.0 Å². The van der Waals surface area contributed by atoms with Gasteiger partial charge in [-0.15, -0.1) is 0 Å². The fourth-order valence-electron chi connectivity index (χ4n) is 4.38. The van der Waals surface area contributed by atoms with Crippen LogP contribution in [0.3, 0.4) is 0 Å². The van der Waals surface area contributed by atoms with Crippen molar-refractivity contribution in [3.8, 4) is 5.75 Å². The van der Waals surface area contributed by atoms with Crippen LogP contribution in [0.25, 0.3) is 0 Å². The van der Waals surface area contributed by atoms with Crippen molar-refractivity contribution in [3.63, 3.8) is 0 Å². The minimum Gasteiger partial charge on any atom is -0.494 e. The van der Waals surface area contributed by atoms with E-state index in [-0.39, 0.29) is 5.91 Å². The summed E-state index contributed by atoms with van der Waals surface area (Å²) in [6, 6.07) is 20.7. The number of carbonyl (C=O) groups is 2. The fourth-order valence-corrected chi connectivity index (χ4v) is 4.90. The molecule has 5 rings (SSSR count). The molecule has 8 heteroatoms. The van der Waals surface area contributed by atoms with Gasteiger partial charge in [-0.25, -0.2) is 9.96 Å². The Morgan fingerprint density at radius 2 is 1.64 bits per heavy atom. The van der Waals surface area contributed by atoms with E-state index in [1.807, 2.05) is 37.3 Å². The highest BCUT2D eigenvalue weighted by Crippen LogP contribution is 2.49. The highest BCUT2D eigenvalue weighted by Gasteiger charge is 2.60. The van der Waals surface area contributed by atoms with Gasteiger partial charge in [0.25, 0.3) is 5.91 Å². The number of hydroxylamine groups is 1. The highest BCUT2D eigenvalue weighted by molar-refractivity contribution is 6.35. The standard InChI is InChI=1S/C25H20Cl2N2O4/c1-2-32-18-11-9-16(10-12-18)28-24(30)21-22(19-13-8-15(26)14-20(19)27)29(33-23(21)25(28)31)17-6-4-3-5-7-17/h3-14,21-23H,2H2,1H3. The fraction of sp³-hybridized carbons (Fsp3) is 0.200. The Kier molecular flexibility index (Phi) is 5.74. The van der Waals surface area contributed by atoms with Crippen molar-refractivity contribution in [3.05, 3.63) is 88.4 Å². The molecule has 33 heavy (non-hydrogen) atoms.